The van der Waals surface area contributed by atoms with Gasteiger partial charge in [-0.25, -0.2) is 0 Å². The van der Waals surface area contributed by atoms with Crippen LogP contribution in [0, 0.1) is 10.1 Å². The Kier molecular flexibility index (Phi) is 3.26. The van der Waals surface area contributed by atoms with Gasteiger partial charge in [0.1, 0.15) is 0 Å². The molecule has 2 N–H and O–H groups in total. The van der Waals surface area contributed by atoms with Crippen molar-refractivity contribution >= 4 is 11.4 Å². The maximum absolute atomic E-state index is 10.7. The SMILES string of the molecule is O=[N+]([O-])c1ccc(N2CCC(O)C2)cc1CO. The van der Waals surface area contributed by atoms with Crippen molar-refractivity contribution in [1.29, 1.82) is 0 Å². The highest BCUT2D eigenvalue weighted by Gasteiger charge is 2.22. The zero-order valence-corrected chi connectivity index (χ0v) is 9.24. The van der Waals surface area contributed by atoms with Crippen molar-refractivity contribution in [3.05, 3.63) is 33.9 Å². The van der Waals surface area contributed by atoms with E-state index in [1.165, 1.54) is 6.07 Å². The number of nitrogens with zero attached hydrogens (tertiary/aromatic N) is 2. The molecule has 1 fully saturated rings. The molecule has 0 spiro atoms. The summed E-state index contributed by atoms with van der Waals surface area (Å²) in [5.41, 5.74) is 1.03. The zero-order valence-electron chi connectivity index (χ0n) is 9.24. The van der Waals surface area contributed by atoms with Crippen molar-refractivity contribution in [1.82, 2.24) is 0 Å². The lowest BCUT2D eigenvalue weighted by molar-refractivity contribution is -0.385. The number of hydrogen-bond acceptors (Lipinski definition) is 5. The number of benzene rings is 1. The normalized spacial score (nSPS) is 19.6. The summed E-state index contributed by atoms with van der Waals surface area (Å²) >= 11 is 0. The maximum Gasteiger partial charge on any atom is 0.275 e. The average molecular weight is 238 g/mol. The van der Waals surface area contributed by atoms with Crippen molar-refractivity contribution in [2.24, 2.45) is 0 Å². The Bertz CT molecular complexity index is 435. The van der Waals surface area contributed by atoms with Crippen LogP contribution in [0.3, 0.4) is 0 Å². The van der Waals surface area contributed by atoms with E-state index in [2.05, 4.69) is 0 Å². The van der Waals surface area contributed by atoms with Crippen LogP contribution >= 0.6 is 0 Å². The minimum atomic E-state index is -0.506. The predicted octanol–water partition coefficient (Wildman–Crippen LogP) is 0.658. The van der Waals surface area contributed by atoms with Crippen LogP contribution in [0.2, 0.25) is 0 Å². The summed E-state index contributed by atoms with van der Waals surface area (Å²) in [6, 6.07) is 4.65. The summed E-state index contributed by atoms with van der Waals surface area (Å²) in [7, 11) is 0. The van der Waals surface area contributed by atoms with Crippen LogP contribution in [-0.4, -0.2) is 34.3 Å². The molecule has 17 heavy (non-hydrogen) atoms. The molecular weight excluding hydrogens is 224 g/mol. The topological polar surface area (TPSA) is 86.8 Å². The highest BCUT2D eigenvalue weighted by atomic mass is 16.6. The fourth-order valence-corrected chi connectivity index (χ4v) is 2.05. The third kappa shape index (κ3) is 2.37. The van der Waals surface area contributed by atoms with Gasteiger partial charge in [-0.3, -0.25) is 10.1 Å². The number of anilines is 1. The van der Waals surface area contributed by atoms with Crippen molar-refractivity contribution in [2.45, 2.75) is 19.1 Å². The molecule has 0 amide bonds. The average Bonchev–Trinajstić information content (AvgIpc) is 2.75. The second kappa shape index (κ2) is 4.68. The van der Waals surface area contributed by atoms with Gasteiger partial charge in [-0.2, -0.15) is 0 Å². The van der Waals surface area contributed by atoms with Crippen LogP contribution in [0.25, 0.3) is 0 Å². The van der Waals surface area contributed by atoms with E-state index in [9.17, 15) is 15.2 Å². The molecule has 0 aromatic heterocycles. The predicted molar refractivity (Wildman–Crippen MR) is 61.9 cm³/mol. The fourth-order valence-electron chi connectivity index (χ4n) is 2.05. The highest BCUT2D eigenvalue weighted by Crippen LogP contribution is 2.27. The lowest BCUT2D eigenvalue weighted by Crippen LogP contribution is -2.21. The van der Waals surface area contributed by atoms with Crippen molar-refractivity contribution in [2.75, 3.05) is 18.0 Å². The summed E-state index contributed by atoms with van der Waals surface area (Å²) in [6.07, 6.45) is 0.355. The fraction of sp³-hybridized carbons (Fsp3) is 0.455. The third-order valence-corrected chi connectivity index (χ3v) is 2.96. The lowest BCUT2D eigenvalue weighted by atomic mass is 10.1. The van der Waals surface area contributed by atoms with E-state index in [1.54, 1.807) is 12.1 Å². The van der Waals surface area contributed by atoms with Crippen LogP contribution in [0.1, 0.15) is 12.0 Å². The summed E-state index contributed by atoms with van der Waals surface area (Å²) in [5.74, 6) is 0. The molecule has 1 unspecified atom stereocenters. The molecule has 0 radical (unpaired) electrons. The number of hydrogen-bond donors (Lipinski definition) is 2. The molecule has 92 valence electrons. The molecular formula is C11H14N2O4. The molecule has 1 aromatic rings. The molecule has 1 aliphatic heterocycles. The molecule has 2 rings (SSSR count). The zero-order chi connectivity index (χ0) is 12.4. The number of aliphatic hydroxyl groups is 2. The van der Waals surface area contributed by atoms with Gasteiger partial charge in [-0.15, -0.1) is 0 Å². The van der Waals surface area contributed by atoms with Gasteiger partial charge < -0.3 is 15.1 Å². The largest absolute Gasteiger partial charge is 0.391 e. The van der Waals surface area contributed by atoms with Gasteiger partial charge in [0, 0.05) is 24.8 Å². The molecule has 0 aliphatic carbocycles. The van der Waals surface area contributed by atoms with E-state index >= 15 is 0 Å². The van der Waals surface area contributed by atoms with Crippen LogP contribution in [0.5, 0.6) is 0 Å². The maximum atomic E-state index is 10.7. The van der Waals surface area contributed by atoms with Gasteiger partial charge in [-0.05, 0) is 18.6 Å². The standard InChI is InChI=1S/C11H14N2O4/c14-7-8-5-9(1-2-11(8)13(16)17)12-4-3-10(15)6-12/h1-2,5,10,14-15H,3-4,6-7H2. The Morgan fingerprint density at radius 1 is 1.53 bits per heavy atom. The Labute approximate surface area is 98.3 Å². The summed E-state index contributed by atoms with van der Waals surface area (Å²) in [6.45, 7) is 0.896. The summed E-state index contributed by atoms with van der Waals surface area (Å²) in [5, 5.41) is 29.3. The second-order valence-electron chi connectivity index (χ2n) is 4.12. The van der Waals surface area contributed by atoms with Gasteiger partial charge in [0.15, 0.2) is 0 Å². The van der Waals surface area contributed by atoms with Gasteiger partial charge in [-0.1, -0.05) is 0 Å². The first-order valence-corrected chi connectivity index (χ1v) is 5.43. The van der Waals surface area contributed by atoms with Crippen molar-refractivity contribution in [3.63, 3.8) is 0 Å². The van der Waals surface area contributed by atoms with Crippen LogP contribution in [0.15, 0.2) is 18.2 Å². The van der Waals surface area contributed by atoms with E-state index in [1.807, 2.05) is 4.90 Å². The highest BCUT2D eigenvalue weighted by molar-refractivity contribution is 5.56. The van der Waals surface area contributed by atoms with Crippen LogP contribution in [0.4, 0.5) is 11.4 Å². The molecule has 0 saturated carbocycles. The third-order valence-electron chi connectivity index (χ3n) is 2.96. The minimum absolute atomic E-state index is 0.0732. The first-order valence-electron chi connectivity index (χ1n) is 5.43. The summed E-state index contributed by atoms with van der Waals surface area (Å²) < 4.78 is 0. The Morgan fingerprint density at radius 3 is 2.82 bits per heavy atom. The van der Waals surface area contributed by atoms with Crippen molar-refractivity contribution < 1.29 is 15.1 Å². The Hall–Kier alpha value is -1.66. The number of nitro benzene ring substituents is 1. The van der Waals surface area contributed by atoms with Crippen LogP contribution < -0.4 is 4.90 Å². The molecule has 1 saturated heterocycles. The first kappa shape index (κ1) is 11.8. The number of β-amino-alcohol motifs (C(OH)–C–C–N with tert-alkyl or cyclic N) is 1. The van der Waals surface area contributed by atoms with Gasteiger partial charge in [0.2, 0.25) is 0 Å². The molecule has 1 atom stereocenters. The lowest BCUT2D eigenvalue weighted by Gasteiger charge is -2.18. The van der Waals surface area contributed by atoms with Crippen molar-refractivity contribution in [3.8, 4) is 0 Å². The molecule has 6 heteroatoms. The van der Waals surface area contributed by atoms with E-state index in [0.29, 0.717) is 18.5 Å². The smallest absolute Gasteiger partial charge is 0.275 e. The Morgan fingerprint density at radius 2 is 2.29 bits per heavy atom. The molecule has 6 nitrogen and oxygen atoms in total. The minimum Gasteiger partial charge on any atom is -0.391 e. The number of nitro groups is 1. The second-order valence-corrected chi connectivity index (χ2v) is 4.12. The Balaban J connectivity index is 2.28. The van der Waals surface area contributed by atoms with Crippen LogP contribution in [-0.2, 0) is 6.61 Å². The van der Waals surface area contributed by atoms with E-state index in [4.69, 9.17) is 5.11 Å². The van der Waals surface area contributed by atoms with Gasteiger partial charge in [0.05, 0.1) is 23.2 Å². The molecule has 0 bridgehead atoms. The number of aliphatic hydroxyl groups excluding tert-OH is 2. The summed E-state index contributed by atoms with van der Waals surface area (Å²) in [4.78, 5) is 12.2. The van der Waals surface area contributed by atoms with Gasteiger partial charge in [0.25, 0.3) is 5.69 Å². The number of rotatable bonds is 3. The quantitative estimate of drug-likeness (QED) is 0.596. The molecule has 1 aliphatic rings. The molecule has 1 aromatic carbocycles. The first-order chi connectivity index (χ1) is 8.11. The monoisotopic (exact) mass is 238 g/mol. The molecule has 1 heterocycles. The van der Waals surface area contributed by atoms with E-state index in [0.717, 1.165) is 12.2 Å². The van der Waals surface area contributed by atoms with Gasteiger partial charge >= 0.3 is 0 Å². The van der Waals surface area contributed by atoms with E-state index in [-0.39, 0.29) is 18.4 Å². The van der Waals surface area contributed by atoms with E-state index < -0.39 is 4.92 Å².